The van der Waals surface area contributed by atoms with Crippen LogP contribution in [0.15, 0.2) is 48.0 Å². The molecular weight excluding hydrogens is 502 g/mol. The molecule has 0 aliphatic carbocycles. The zero-order valence-corrected chi connectivity index (χ0v) is 23.7. The number of carbonyl (C=O) groups is 1. The maximum absolute atomic E-state index is 15.2. The molecular formula is C30H42F2N4O3. The normalized spacial score (nSPS) is 13.8. The first kappa shape index (κ1) is 31.8. The van der Waals surface area contributed by atoms with Gasteiger partial charge in [0, 0.05) is 55.2 Å². The summed E-state index contributed by atoms with van der Waals surface area (Å²) in [7, 11) is 0. The Hall–Kier alpha value is -3.46. The molecule has 9 heteroatoms. The SMILES string of the molecule is C=C(Nc1ccc(NC(=O)NCCC(C)(C)F)cc1)c1c(F)cc(OCC2CCOCC2)cc1N=CC.CC. The van der Waals surface area contributed by atoms with Gasteiger partial charge in [-0.25, -0.2) is 13.6 Å². The molecule has 7 nitrogen and oxygen atoms in total. The highest BCUT2D eigenvalue weighted by Crippen LogP contribution is 2.34. The third kappa shape index (κ3) is 11.0. The van der Waals surface area contributed by atoms with Crippen molar-refractivity contribution in [3.05, 3.63) is 54.4 Å². The number of halogens is 2. The summed E-state index contributed by atoms with van der Waals surface area (Å²) >= 11 is 0. The van der Waals surface area contributed by atoms with Crippen LogP contribution >= 0.6 is 0 Å². The molecule has 0 unspecified atom stereocenters. The Kier molecular flexibility index (Phi) is 12.9. The molecule has 1 fully saturated rings. The number of aliphatic imine (C=N–C) groups is 1. The number of hydrogen-bond acceptors (Lipinski definition) is 5. The van der Waals surface area contributed by atoms with E-state index in [1.807, 2.05) is 13.8 Å². The maximum Gasteiger partial charge on any atom is 0.319 e. The van der Waals surface area contributed by atoms with Crippen molar-refractivity contribution in [3.63, 3.8) is 0 Å². The highest BCUT2D eigenvalue weighted by Gasteiger charge is 2.18. The lowest BCUT2D eigenvalue weighted by atomic mass is 10.0. The van der Waals surface area contributed by atoms with Crippen LogP contribution in [0.3, 0.4) is 0 Å². The zero-order valence-electron chi connectivity index (χ0n) is 23.7. The van der Waals surface area contributed by atoms with Gasteiger partial charge in [-0.2, -0.15) is 0 Å². The summed E-state index contributed by atoms with van der Waals surface area (Å²) in [5.74, 6) is 0.316. The molecule has 3 rings (SSSR count). The number of benzene rings is 2. The highest BCUT2D eigenvalue weighted by molar-refractivity contribution is 5.90. The fourth-order valence-corrected chi connectivity index (χ4v) is 3.84. The van der Waals surface area contributed by atoms with Crippen molar-refractivity contribution in [1.29, 1.82) is 0 Å². The molecule has 2 amide bonds. The Labute approximate surface area is 231 Å². The van der Waals surface area contributed by atoms with Crippen molar-refractivity contribution in [2.75, 3.05) is 37.0 Å². The van der Waals surface area contributed by atoms with Crippen LogP contribution in [0.25, 0.3) is 5.70 Å². The number of nitrogens with zero attached hydrogens (tertiary/aromatic N) is 1. The molecule has 214 valence electrons. The quantitative estimate of drug-likeness (QED) is 0.253. The lowest BCUT2D eigenvalue weighted by Gasteiger charge is -2.22. The van der Waals surface area contributed by atoms with Crippen LogP contribution in [-0.4, -0.2) is 44.3 Å². The van der Waals surface area contributed by atoms with Gasteiger partial charge in [0.05, 0.1) is 17.9 Å². The van der Waals surface area contributed by atoms with E-state index in [1.165, 1.54) is 19.9 Å². The van der Waals surface area contributed by atoms with Crippen LogP contribution in [0.1, 0.15) is 59.4 Å². The molecule has 1 aliphatic heterocycles. The predicted octanol–water partition coefficient (Wildman–Crippen LogP) is 7.72. The average Bonchev–Trinajstić information content (AvgIpc) is 2.89. The van der Waals surface area contributed by atoms with Crippen molar-refractivity contribution in [3.8, 4) is 5.75 Å². The first-order valence-corrected chi connectivity index (χ1v) is 13.5. The van der Waals surface area contributed by atoms with Crippen LogP contribution in [0.4, 0.5) is 30.6 Å². The zero-order chi connectivity index (χ0) is 28.8. The molecule has 0 saturated carbocycles. The van der Waals surface area contributed by atoms with Gasteiger partial charge in [-0.05, 0) is 70.2 Å². The molecule has 0 radical (unpaired) electrons. The Morgan fingerprint density at radius 1 is 1.15 bits per heavy atom. The summed E-state index contributed by atoms with van der Waals surface area (Å²) < 4.78 is 40.0. The molecule has 0 aromatic heterocycles. The van der Waals surface area contributed by atoms with E-state index in [0.717, 1.165) is 26.1 Å². The van der Waals surface area contributed by atoms with E-state index in [-0.39, 0.29) is 18.5 Å². The Morgan fingerprint density at radius 3 is 2.36 bits per heavy atom. The number of rotatable bonds is 11. The number of hydrogen-bond donors (Lipinski definition) is 3. The number of nitrogens with one attached hydrogen (secondary N) is 3. The fraction of sp³-hybridized carbons (Fsp3) is 0.467. The minimum atomic E-state index is -1.34. The first-order valence-electron chi connectivity index (χ1n) is 13.5. The van der Waals surface area contributed by atoms with E-state index in [0.29, 0.717) is 41.0 Å². The van der Waals surface area contributed by atoms with E-state index >= 15 is 4.39 Å². The number of alkyl halides is 1. The number of urea groups is 1. The number of ether oxygens (including phenoxy) is 2. The van der Waals surface area contributed by atoms with Crippen molar-refractivity contribution < 1.29 is 23.0 Å². The second-order valence-electron chi connectivity index (χ2n) is 9.58. The van der Waals surface area contributed by atoms with Crippen LogP contribution in [0.2, 0.25) is 0 Å². The van der Waals surface area contributed by atoms with Gasteiger partial charge in [0.25, 0.3) is 0 Å². The van der Waals surface area contributed by atoms with Crippen LogP contribution in [0.5, 0.6) is 5.75 Å². The largest absolute Gasteiger partial charge is 0.493 e. The molecule has 3 N–H and O–H groups in total. The van der Waals surface area contributed by atoms with Crippen molar-refractivity contribution in [1.82, 2.24) is 5.32 Å². The monoisotopic (exact) mass is 544 g/mol. The third-order valence-corrected chi connectivity index (χ3v) is 5.88. The van der Waals surface area contributed by atoms with Crippen molar-refractivity contribution >= 4 is 35.0 Å². The summed E-state index contributed by atoms with van der Waals surface area (Å²) in [6.07, 6.45) is 3.67. The Bertz CT molecular complexity index is 1090. The van der Waals surface area contributed by atoms with Crippen LogP contribution in [0, 0.1) is 11.7 Å². The van der Waals surface area contributed by atoms with E-state index in [1.54, 1.807) is 43.5 Å². The average molecular weight is 545 g/mol. The first-order chi connectivity index (χ1) is 18.6. The van der Waals surface area contributed by atoms with Gasteiger partial charge in [0.15, 0.2) is 0 Å². The van der Waals surface area contributed by atoms with E-state index in [9.17, 15) is 9.18 Å². The minimum Gasteiger partial charge on any atom is -0.493 e. The van der Waals surface area contributed by atoms with E-state index < -0.39 is 17.5 Å². The molecule has 1 heterocycles. The van der Waals surface area contributed by atoms with Crippen LogP contribution in [-0.2, 0) is 4.74 Å². The van der Waals surface area contributed by atoms with Crippen LogP contribution < -0.4 is 20.7 Å². The summed E-state index contributed by atoms with van der Waals surface area (Å²) in [6.45, 7) is 14.9. The second kappa shape index (κ2) is 15.8. The van der Waals surface area contributed by atoms with Gasteiger partial charge in [0.1, 0.15) is 17.2 Å². The van der Waals surface area contributed by atoms with Gasteiger partial charge in [-0.1, -0.05) is 20.4 Å². The lowest BCUT2D eigenvalue weighted by molar-refractivity contribution is 0.0497. The van der Waals surface area contributed by atoms with Gasteiger partial charge < -0.3 is 25.4 Å². The molecule has 2 aromatic carbocycles. The molecule has 0 bridgehead atoms. The van der Waals surface area contributed by atoms with E-state index in [4.69, 9.17) is 9.47 Å². The standard InChI is InChI=1S/C28H36F2N4O3.C2H6/c1-5-31-25-17-23(37-18-20-10-14-36-15-11-20)16-24(29)26(25)19(2)33-21-6-8-22(9-7-21)34-27(35)32-13-12-28(3,4)30;1-2/h5-9,16-17,20,33H,2,10-15,18H2,1,3-4H3,(H2,32,34,35);1-2H3. The van der Waals surface area contributed by atoms with Gasteiger partial charge in [0.2, 0.25) is 0 Å². The van der Waals surface area contributed by atoms with Gasteiger partial charge in [-0.3, -0.25) is 4.99 Å². The number of carbonyl (C=O) groups excluding carboxylic acids is 1. The smallest absolute Gasteiger partial charge is 0.319 e. The molecule has 1 saturated heterocycles. The summed E-state index contributed by atoms with van der Waals surface area (Å²) in [6, 6.07) is 9.50. The predicted molar refractivity (Wildman–Crippen MR) is 157 cm³/mol. The molecule has 0 atom stereocenters. The molecule has 0 spiro atoms. The maximum atomic E-state index is 15.2. The summed E-state index contributed by atoms with van der Waals surface area (Å²) in [4.78, 5) is 16.3. The van der Waals surface area contributed by atoms with Crippen molar-refractivity contribution in [2.24, 2.45) is 10.9 Å². The van der Waals surface area contributed by atoms with Gasteiger partial charge in [-0.15, -0.1) is 0 Å². The second-order valence-corrected chi connectivity index (χ2v) is 9.58. The fourth-order valence-electron chi connectivity index (χ4n) is 3.84. The van der Waals surface area contributed by atoms with E-state index in [2.05, 4.69) is 27.5 Å². The Balaban J connectivity index is 0.00000260. The Morgan fingerprint density at radius 2 is 1.77 bits per heavy atom. The third-order valence-electron chi connectivity index (χ3n) is 5.88. The highest BCUT2D eigenvalue weighted by atomic mass is 19.1. The van der Waals surface area contributed by atoms with Crippen molar-refractivity contribution in [2.45, 2.75) is 59.5 Å². The number of amides is 2. The molecule has 2 aromatic rings. The minimum absolute atomic E-state index is 0.217. The lowest BCUT2D eigenvalue weighted by Crippen LogP contribution is -2.32. The molecule has 39 heavy (non-hydrogen) atoms. The summed E-state index contributed by atoms with van der Waals surface area (Å²) in [5.41, 5.74) is 0.856. The summed E-state index contributed by atoms with van der Waals surface area (Å²) in [5, 5.41) is 8.42. The van der Waals surface area contributed by atoms with Gasteiger partial charge >= 0.3 is 6.03 Å². The topological polar surface area (TPSA) is 84.0 Å². The number of anilines is 2. The molecule has 1 aliphatic rings.